The Morgan fingerprint density at radius 3 is 1.23 bits per heavy atom. The second-order valence-corrected chi connectivity index (χ2v) is 19.0. The molecule has 1 aliphatic rings. The Morgan fingerprint density at radius 2 is 0.831 bits per heavy atom. The van der Waals surface area contributed by atoms with E-state index in [9.17, 15) is 9.59 Å². The van der Waals surface area contributed by atoms with Gasteiger partial charge in [0.2, 0.25) is 17.4 Å². The zero-order chi connectivity index (χ0) is 59.6. The van der Waals surface area contributed by atoms with Gasteiger partial charge in [-0.15, -0.1) is 31.3 Å². The van der Waals surface area contributed by atoms with Crippen LogP contribution in [0.2, 0.25) is 0 Å². The van der Waals surface area contributed by atoms with Crippen LogP contribution in [0.15, 0.2) is 113 Å². The Kier molecular flexibility index (Phi) is 40.9. The third kappa shape index (κ3) is 32.3. The molecule has 0 spiro atoms. The summed E-state index contributed by atoms with van der Waals surface area (Å²) in [7, 11) is 0. The van der Waals surface area contributed by atoms with Gasteiger partial charge in [-0.25, -0.2) is 34.1 Å². The summed E-state index contributed by atoms with van der Waals surface area (Å²) < 4.78 is 59.8. The molecule has 1 aliphatic carbocycles. The molecule has 1 amide bonds. The van der Waals surface area contributed by atoms with Gasteiger partial charge < -0.3 is 52.7 Å². The number of alkyl halides is 1. The van der Waals surface area contributed by atoms with Crippen LogP contribution in [-0.4, -0.2) is 129 Å². The highest BCUT2D eigenvalue weighted by molar-refractivity contribution is 6.21. The summed E-state index contributed by atoms with van der Waals surface area (Å²) in [5.41, 5.74) is 1.18. The van der Waals surface area contributed by atoms with E-state index in [4.69, 9.17) is 88.3 Å². The van der Waals surface area contributed by atoms with Crippen LogP contribution in [-0.2, 0) is 57.9 Å². The maximum atomic E-state index is 13.6. The summed E-state index contributed by atoms with van der Waals surface area (Å²) in [4.78, 5) is 57.8. The predicted octanol–water partition coefficient (Wildman–Crippen LogP) is 12.4. The number of amides is 1. The fraction of sp³-hybridized carbons (Fsp3) is 0.524. The molecule has 3 atom stereocenters. The molecule has 0 aliphatic heterocycles. The summed E-state index contributed by atoms with van der Waals surface area (Å²) in [6, 6.07) is 6.82. The average molecular weight is 1180 g/mol. The zero-order valence-electron chi connectivity index (χ0n) is 48.5. The van der Waals surface area contributed by atoms with E-state index in [0.29, 0.717) is 202 Å². The topological polar surface area (TPSA) is 194 Å². The Hall–Kier alpha value is -6.45. The number of esters is 1. The molecule has 0 bridgehead atoms. The summed E-state index contributed by atoms with van der Waals surface area (Å²) in [5.74, 6) is 1.70. The Bertz CT molecular complexity index is 2200. The number of nitrogens with one attached hydrogen (secondary N) is 1. The first kappa shape index (κ1) is 70.8. The highest BCUT2D eigenvalue weighted by Crippen LogP contribution is 2.43. The number of halogens is 1. The Balaban J connectivity index is 1.75. The lowest BCUT2D eigenvalue weighted by atomic mass is 9.92. The third-order valence-corrected chi connectivity index (χ3v) is 12.3. The fourth-order valence-corrected chi connectivity index (χ4v) is 8.10. The maximum absolute atomic E-state index is 13.6. The third-order valence-electron chi connectivity index (χ3n) is 11.9. The van der Waals surface area contributed by atoms with E-state index < -0.39 is 23.5 Å². The first-order valence-corrected chi connectivity index (χ1v) is 29.1. The van der Waals surface area contributed by atoms with Crippen molar-refractivity contribution in [2.24, 2.45) is 0 Å². The van der Waals surface area contributed by atoms with E-state index in [0.717, 1.165) is 25.7 Å². The lowest BCUT2D eigenvalue weighted by Gasteiger charge is -2.32. The van der Waals surface area contributed by atoms with E-state index in [-0.39, 0.29) is 19.1 Å². The van der Waals surface area contributed by atoms with Gasteiger partial charge in [-0.3, -0.25) is 4.79 Å². The second kappa shape index (κ2) is 48.0. The van der Waals surface area contributed by atoms with Crippen LogP contribution < -0.4 is 33.7 Å². The number of carbonyl (C=O) groups excluding carboxylic acids is 2. The standard InChI is InChI=1S/C63H90ClNO18/c1-7-35-77-80-47-22-19-42-72-57-32-26-52(61(73-43-17-14-39-69-11-5)63(57)76-46-21-24-49-82-79-37-9-3)28-34-59(67)83-53-29-30-55(54(64)50-53)65-58(66)33-27-51-25-31-56(71-41-16-13-38-68-10-4)62(75-45-18-15-40-70-12-6)60(51)74-44-20-23-48-81-78-36-8-2/h7-12,25-28,31-34,53-55H,1-6,13-24,29-30,35-50H2,(H,65,66)/t53-,54?,55-/m1/s1. The molecule has 1 N–H and O–H groups in total. The molecule has 2 aromatic carbocycles. The van der Waals surface area contributed by atoms with Gasteiger partial charge in [-0.2, -0.15) is 0 Å². The molecule has 2 aromatic rings. The van der Waals surface area contributed by atoms with E-state index in [1.807, 2.05) is 6.07 Å². The van der Waals surface area contributed by atoms with Gasteiger partial charge in [-0.1, -0.05) is 38.0 Å². The molecule has 83 heavy (non-hydrogen) atoms. The van der Waals surface area contributed by atoms with Gasteiger partial charge in [0.15, 0.2) is 23.0 Å². The van der Waals surface area contributed by atoms with E-state index in [1.165, 1.54) is 30.9 Å². The molecular formula is C63H90ClNO18. The van der Waals surface area contributed by atoms with Gasteiger partial charge in [-0.05, 0) is 126 Å². The molecule has 0 saturated heterocycles. The lowest BCUT2D eigenvalue weighted by Crippen LogP contribution is -2.45. The minimum atomic E-state index is -0.568. The van der Waals surface area contributed by atoms with Gasteiger partial charge in [0, 0.05) is 35.7 Å². The maximum Gasteiger partial charge on any atom is 0.331 e. The SMILES string of the molecule is C=CCOOCCCCOc1ccc(C=CC(=O)O[C@@H]2CC[C@@H](NC(=O)C=Cc3ccc(OCCCCOC=C)c(OCCCCOC=C)c3OCCCCOOCC=C)C(Cl)C2)c(OCCCCOC=C)c1OCCCCOOCC=C. The van der Waals surface area contributed by atoms with E-state index in [2.05, 4.69) is 44.8 Å². The average Bonchev–Trinajstić information content (AvgIpc) is 3.48. The number of benzene rings is 2. The van der Waals surface area contributed by atoms with Gasteiger partial charge in [0.1, 0.15) is 25.9 Å². The Morgan fingerprint density at radius 1 is 0.458 bits per heavy atom. The van der Waals surface area contributed by atoms with Crippen molar-refractivity contribution >= 4 is 35.6 Å². The molecule has 0 heterocycles. The summed E-state index contributed by atoms with van der Waals surface area (Å²) >= 11 is 6.92. The number of carbonyl (C=O) groups is 2. The molecule has 1 unspecified atom stereocenters. The summed E-state index contributed by atoms with van der Waals surface area (Å²) in [5, 5.41) is 2.52. The van der Waals surface area contributed by atoms with Gasteiger partial charge >= 0.3 is 5.97 Å². The number of hydrogen-bond acceptors (Lipinski definition) is 18. The highest BCUT2D eigenvalue weighted by atomic mass is 35.5. The molecule has 20 heteroatoms. The van der Waals surface area contributed by atoms with Crippen molar-refractivity contribution in [1.29, 1.82) is 0 Å². The van der Waals surface area contributed by atoms with Gasteiger partial charge in [0.25, 0.3) is 0 Å². The molecular weight excluding hydrogens is 1090 g/mol. The van der Waals surface area contributed by atoms with E-state index in [1.54, 1.807) is 48.6 Å². The Labute approximate surface area is 496 Å². The molecule has 462 valence electrons. The first-order valence-electron chi connectivity index (χ1n) is 28.7. The predicted molar refractivity (Wildman–Crippen MR) is 319 cm³/mol. The van der Waals surface area contributed by atoms with Crippen LogP contribution in [0.25, 0.3) is 12.2 Å². The molecule has 0 radical (unpaired) electrons. The minimum absolute atomic E-state index is 0.287. The van der Waals surface area contributed by atoms with Crippen LogP contribution in [0, 0.1) is 0 Å². The summed E-state index contributed by atoms with van der Waals surface area (Å²) in [6.07, 6.45) is 24.2. The van der Waals surface area contributed by atoms with Crippen molar-refractivity contribution < 1.29 is 86.3 Å². The minimum Gasteiger partial charge on any atom is -0.502 e. The van der Waals surface area contributed by atoms with Crippen molar-refractivity contribution in [3.05, 3.63) is 124 Å². The number of rotatable bonds is 54. The monoisotopic (exact) mass is 1180 g/mol. The largest absolute Gasteiger partial charge is 0.502 e. The van der Waals surface area contributed by atoms with Crippen LogP contribution in [0.5, 0.6) is 34.5 Å². The molecule has 0 aromatic heterocycles. The summed E-state index contributed by atoms with van der Waals surface area (Å²) in [6.45, 7) is 27.3. The quantitative estimate of drug-likeness (QED) is 0.00959. The lowest BCUT2D eigenvalue weighted by molar-refractivity contribution is -0.286. The van der Waals surface area contributed by atoms with E-state index >= 15 is 0 Å². The molecule has 19 nitrogen and oxygen atoms in total. The van der Waals surface area contributed by atoms with Crippen molar-refractivity contribution in [3.63, 3.8) is 0 Å². The van der Waals surface area contributed by atoms with Crippen LogP contribution >= 0.6 is 11.6 Å². The zero-order valence-corrected chi connectivity index (χ0v) is 49.3. The van der Waals surface area contributed by atoms with Crippen LogP contribution in [0.3, 0.4) is 0 Å². The van der Waals surface area contributed by atoms with Gasteiger partial charge in [0.05, 0.1) is 103 Å². The van der Waals surface area contributed by atoms with Crippen molar-refractivity contribution in [2.45, 2.75) is 114 Å². The molecule has 3 rings (SSSR count). The van der Waals surface area contributed by atoms with Crippen LogP contribution in [0.4, 0.5) is 0 Å². The van der Waals surface area contributed by atoms with Crippen LogP contribution in [0.1, 0.15) is 107 Å². The number of ether oxygens (including phenoxy) is 10. The first-order chi connectivity index (χ1) is 40.8. The molecule has 1 saturated carbocycles. The molecule has 1 fully saturated rings. The normalized spacial score (nSPS) is 14.7. The fourth-order valence-electron chi connectivity index (χ4n) is 7.72. The smallest absolute Gasteiger partial charge is 0.331 e. The highest BCUT2D eigenvalue weighted by Gasteiger charge is 2.32. The van der Waals surface area contributed by atoms with Crippen molar-refractivity contribution in [1.82, 2.24) is 5.32 Å². The second-order valence-electron chi connectivity index (χ2n) is 18.4. The number of unbranched alkanes of at least 4 members (excludes halogenated alkanes) is 6. The van der Waals surface area contributed by atoms with Crippen molar-refractivity contribution in [2.75, 3.05) is 99.1 Å². The van der Waals surface area contributed by atoms with Crippen molar-refractivity contribution in [3.8, 4) is 34.5 Å². The number of hydrogen-bond donors (Lipinski definition) is 1.